The highest BCUT2D eigenvalue weighted by molar-refractivity contribution is 7.19. The van der Waals surface area contributed by atoms with E-state index >= 15 is 0 Å². The molecule has 0 fully saturated rings. The first-order valence-electron chi connectivity index (χ1n) is 15.2. The molecule has 0 nitrogen and oxygen atoms in total. The van der Waals surface area contributed by atoms with Crippen molar-refractivity contribution in [1.82, 2.24) is 0 Å². The number of rotatable bonds is 12. The van der Waals surface area contributed by atoms with E-state index in [2.05, 4.69) is 98.8 Å². The minimum atomic E-state index is 1.11. The predicted octanol–water partition coefficient (Wildman–Crippen LogP) is 11.5. The number of thiophene rings is 2. The summed E-state index contributed by atoms with van der Waals surface area (Å²) >= 11 is 3.94. The van der Waals surface area contributed by atoms with Crippen LogP contribution in [0.25, 0.3) is 30.9 Å². The Kier molecular flexibility index (Phi) is 8.65. The summed E-state index contributed by atoms with van der Waals surface area (Å²) in [7, 11) is 0. The standard InChI is InChI=1S/C38H40S2/c1-3-5-7-27-9-13-29(14-10-27)17-19-31-25-35-33-22-24-38-36(34(33)21-23-37(35)39-31)26-32(40-38)20-18-30-15-11-28(12-16-30)8-6-4-2/h9-16,21-26H,3-8,17-20H2,1-2H3. The molecule has 0 saturated heterocycles. The topological polar surface area (TPSA) is 0 Å². The van der Waals surface area contributed by atoms with Crippen LogP contribution < -0.4 is 0 Å². The summed E-state index contributed by atoms with van der Waals surface area (Å²) in [5.74, 6) is 0. The zero-order valence-corrected chi connectivity index (χ0v) is 25.6. The molecule has 0 bridgehead atoms. The molecule has 0 aliphatic rings. The normalized spacial score (nSPS) is 11.8. The van der Waals surface area contributed by atoms with E-state index in [4.69, 9.17) is 0 Å². The molecule has 0 unspecified atom stereocenters. The van der Waals surface area contributed by atoms with Crippen LogP contribution in [0.4, 0.5) is 0 Å². The van der Waals surface area contributed by atoms with Crippen molar-refractivity contribution in [1.29, 1.82) is 0 Å². The van der Waals surface area contributed by atoms with Crippen LogP contribution in [-0.4, -0.2) is 0 Å². The molecule has 204 valence electrons. The summed E-state index contributed by atoms with van der Waals surface area (Å²) in [6.45, 7) is 4.53. The lowest BCUT2D eigenvalue weighted by atomic mass is 10.0. The summed E-state index contributed by atoms with van der Waals surface area (Å²) in [6, 6.07) is 33.0. The van der Waals surface area contributed by atoms with Gasteiger partial charge in [-0.15, -0.1) is 22.7 Å². The van der Waals surface area contributed by atoms with Crippen LogP contribution in [0.2, 0.25) is 0 Å². The van der Waals surface area contributed by atoms with Crippen LogP contribution >= 0.6 is 22.7 Å². The van der Waals surface area contributed by atoms with Gasteiger partial charge in [0.25, 0.3) is 0 Å². The first-order valence-corrected chi connectivity index (χ1v) is 16.9. The second-order valence-corrected chi connectivity index (χ2v) is 13.7. The molecule has 2 heterocycles. The molecule has 6 rings (SSSR count). The van der Waals surface area contributed by atoms with Gasteiger partial charge < -0.3 is 0 Å². The van der Waals surface area contributed by atoms with Crippen molar-refractivity contribution in [2.45, 2.75) is 78.1 Å². The van der Waals surface area contributed by atoms with Crippen molar-refractivity contribution >= 4 is 53.6 Å². The average molecular weight is 561 g/mol. The molecule has 2 heteroatoms. The van der Waals surface area contributed by atoms with Gasteiger partial charge in [0.05, 0.1) is 0 Å². The number of hydrogen-bond donors (Lipinski definition) is 0. The summed E-state index contributed by atoms with van der Waals surface area (Å²) in [4.78, 5) is 2.98. The van der Waals surface area contributed by atoms with Crippen LogP contribution in [-0.2, 0) is 38.5 Å². The molecular weight excluding hydrogens is 521 g/mol. The van der Waals surface area contributed by atoms with E-state index in [1.807, 2.05) is 22.7 Å². The molecular formula is C38H40S2. The maximum Gasteiger partial charge on any atom is 0.0352 e. The molecule has 0 N–H and O–H groups in total. The van der Waals surface area contributed by atoms with Gasteiger partial charge in [-0.2, -0.15) is 0 Å². The van der Waals surface area contributed by atoms with Gasteiger partial charge in [-0.1, -0.05) is 87.4 Å². The van der Waals surface area contributed by atoms with Crippen LogP contribution in [0.15, 0.2) is 84.9 Å². The van der Waals surface area contributed by atoms with Gasteiger partial charge in [0.2, 0.25) is 0 Å². The number of hydrogen-bond acceptors (Lipinski definition) is 2. The average Bonchev–Trinajstić information content (AvgIpc) is 3.62. The SMILES string of the molecule is CCCCc1ccc(CCc2cc3c(ccc4c5cc(CCc6ccc(CCCC)cc6)sc5ccc34)s2)cc1. The second kappa shape index (κ2) is 12.7. The van der Waals surface area contributed by atoms with Crippen molar-refractivity contribution in [3.8, 4) is 0 Å². The maximum atomic E-state index is 2.46. The van der Waals surface area contributed by atoms with Crippen LogP contribution in [0, 0.1) is 0 Å². The molecule has 0 saturated carbocycles. The molecule has 0 aliphatic carbocycles. The summed E-state index contributed by atoms with van der Waals surface area (Å²) < 4.78 is 2.82. The highest BCUT2D eigenvalue weighted by atomic mass is 32.1. The number of fused-ring (bicyclic) bond motifs is 5. The molecule has 2 aromatic heterocycles. The van der Waals surface area contributed by atoms with E-state index < -0.39 is 0 Å². The molecule has 0 aliphatic heterocycles. The van der Waals surface area contributed by atoms with Gasteiger partial charge in [0.15, 0.2) is 0 Å². The lowest BCUT2D eigenvalue weighted by Gasteiger charge is -2.03. The minimum Gasteiger partial charge on any atom is -0.140 e. The van der Waals surface area contributed by atoms with Gasteiger partial charge in [0, 0.05) is 29.9 Å². The largest absolute Gasteiger partial charge is 0.140 e. The fraction of sp³-hybridized carbons (Fsp3) is 0.316. The highest BCUT2D eigenvalue weighted by Gasteiger charge is 2.11. The lowest BCUT2D eigenvalue weighted by molar-refractivity contribution is 0.794. The van der Waals surface area contributed by atoms with E-state index in [1.54, 1.807) is 0 Å². The molecule has 0 spiro atoms. The zero-order chi connectivity index (χ0) is 27.3. The van der Waals surface area contributed by atoms with Gasteiger partial charge >= 0.3 is 0 Å². The Hall–Kier alpha value is -2.94. The third-order valence-corrected chi connectivity index (χ3v) is 10.6. The third-order valence-electron chi connectivity index (χ3n) is 8.30. The van der Waals surface area contributed by atoms with E-state index in [-0.39, 0.29) is 0 Å². The predicted molar refractivity (Wildman–Crippen MR) is 180 cm³/mol. The maximum absolute atomic E-state index is 2.46. The molecule has 6 aromatic rings. The lowest BCUT2D eigenvalue weighted by Crippen LogP contribution is -1.90. The number of benzene rings is 4. The van der Waals surface area contributed by atoms with E-state index in [0.717, 1.165) is 25.7 Å². The van der Waals surface area contributed by atoms with Crippen molar-refractivity contribution < 1.29 is 0 Å². The number of unbranched alkanes of at least 4 members (excludes halogenated alkanes) is 2. The first kappa shape index (κ1) is 27.2. The van der Waals surface area contributed by atoms with Crippen molar-refractivity contribution in [2.24, 2.45) is 0 Å². The monoisotopic (exact) mass is 560 g/mol. The van der Waals surface area contributed by atoms with E-state index in [9.17, 15) is 0 Å². The Labute approximate surface area is 247 Å². The fourth-order valence-electron chi connectivity index (χ4n) is 5.84. The second-order valence-electron chi connectivity index (χ2n) is 11.3. The first-order chi connectivity index (χ1) is 19.7. The van der Waals surface area contributed by atoms with E-state index in [1.165, 1.54) is 101 Å². The molecule has 40 heavy (non-hydrogen) atoms. The highest BCUT2D eigenvalue weighted by Crippen LogP contribution is 2.38. The van der Waals surface area contributed by atoms with Crippen molar-refractivity contribution in [2.75, 3.05) is 0 Å². The Bertz CT molecular complexity index is 1570. The summed E-state index contributed by atoms with van der Waals surface area (Å²) in [6.07, 6.45) is 11.9. The van der Waals surface area contributed by atoms with Gasteiger partial charge in [-0.3, -0.25) is 0 Å². The summed E-state index contributed by atoms with van der Waals surface area (Å²) in [5.41, 5.74) is 5.83. The van der Waals surface area contributed by atoms with Crippen molar-refractivity contribution in [3.05, 3.63) is 117 Å². The molecule has 4 aromatic carbocycles. The smallest absolute Gasteiger partial charge is 0.0352 e. The van der Waals surface area contributed by atoms with Crippen molar-refractivity contribution in [3.63, 3.8) is 0 Å². The molecule has 0 radical (unpaired) electrons. The van der Waals surface area contributed by atoms with Crippen LogP contribution in [0.5, 0.6) is 0 Å². The Balaban J connectivity index is 1.16. The minimum absolute atomic E-state index is 1.11. The zero-order valence-electron chi connectivity index (χ0n) is 24.0. The number of aryl methyl sites for hydroxylation is 6. The van der Waals surface area contributed by atoms with Gasteiger partial charge in [0.1, 0.15) is 0 Å². The van der Waals surface area contributed by atoms with E-state index in [0.29, 0.717) is 0 Å². The quantitative estimate of drug-likeness (QED) is 0.140. The van der Waals surface area contributed by atoms with Gasteiger partial charge in [-0.05, 0) is 109 Å². The molecule has 0 amide bonds. The molecule has 0 atom stereocenters. The Morgan fingerprint density at radius 3 is 1.15 bits per heavy atom. The van der Waals surface area contributed by atoms with Gasteiger partial charge in [-0.25, -0.2) is 0 Å². The van der Waals surface area contributed by atoms with Crippen LogP contribution in [0.3, 0.4) is 0 Å². The third kappa shape index (κ3) is 6.19. The Morgan fingerprint density at radius 2 is 0.775 bits per heavy atom. The fourth-order valence-corrected chi connectivity index (χ4v) is 8.00. The Morgan fingerprint density at radius 1 is 0.400 bits per heavy atom. The summed E-state index contributed by atoms with van der Waals surface area (Å²) in [5, 5.41) is 5.65. The van der Waals surface area contributed by atoms with Crippen LogP contribution in [0.1, 0.15) is 71.5 Å².